The maximum atomic E-state index is 9.76. The molecule has 3 aromatic rings. The lowest BCUT2D eigenvalue weighted by atomic mass is 10.1. The predicted molar refractivity (Wildman–Crippen MR) is 74.9 cm³/mol. The molecule has 0 aliphatic carbocycles. The molecular formula is C15H11N3O. The van der Waals surface area contributed by atoms with Gasteiger partial charge in [-0.1, -0.05) is 0 Å². The van der Waals surface area contributed by atoms with Gasteiger partial charge in [0.2, 0.25) is 0 Å². The number of aliphatic imine (C=N–C) groups is 1. The SMILES string of the molecule is Oc1ccc(N=Cc2ccncc2)c2cccnc12. The van der Waals surface area contributed by atoms with E-state index < -0.39 is 0 Å². The zero-order valence-electron chi connectivity index (χ0n) is 10.1. The molecule has 0 aliphatic heterocycles. The molecule has 0 amide bonds. The van der Waals surface area contributed by atoms with Crippen LogP contribution in [-0.4, -0.2) is 21.3 Å². The summed E-state index contributed by atoms with van der Waals surface area (Å²) < 4.78 is 0. The van der Waals surface area contributed by atoms with Crippen molar-refractivity contribution in [2.75, 3.05) is 0 Å². The highest BCUT2D eigenvalue weighted by molar-refractivity contribution is 5.96. The number of hydrogen-bond acceptors (Lipinski definition) is 4. The Hall–Kier alpha value is -2.75. The van der Waals surface area contributed by atoms with Gasteiger partial charge in [-0.05, 0) is 42.0 Å². The predicted octanol–water partition coefficient (Wildman–Crippen LogP) is 3.09. The van der Waals surface area contributed by atoms with Crippen LogP contribution in [0.1, 0.15) is 5.56 Å². The van der Waals surface area contributed by atoms with E-state index in [1.54, 1.807) is 36.9 Å². The normalized spacial score (nSPS) is 11.2. The van der Waals surface area contributed by atoms with E-state index in [0.717, 1.165) is 16.6 Å². The number of nitrogens with zero attached hydrogens (tertiary/aromatic N) is 3. The standard InChI is InChI=1S/C15H11N3O/c19-14-4-3-13(12-2-1-7-17-15(12)14)18-10-11-5-8-16-9-6-11/h1-10,19H. The average molecular weight is 249 g/mol. The van der Waals surface area contributed by atoms with Gasteiger partial charge in [-0.3, -0.25) is 15.0 Å². The van der Waals surface area contributed by atoms with Crippen LogP contribution in [0.15, 0.2) is 60.0 Å². The summed E-state index contributed by atoms with van der Waals surface area (Å²) in [6.45, 7) is 0. The van der Waals surface area contributed by atoms with E-state index in [1.807, 2.05) is 24.3 Å². The Balaban J connectivity index is 2.07. The number of phenols is 1. The number of phenolic OH excluding ortho intramolecular Hbond substituents is 1. The van der Waals surface area contributed by atoms with Crippen LogP contribution in [0, 0.1) is 0 Å². The smallest absolute Gasteiger partial charge is 0.141 e. The van der Waals surface area contributed by atoms with Crippen molar-refractivity contribution in [2.45, 2.75) is 0 Å². The average Bonchev–Trinajstić information content (AvgIpc) is 2.48. The molecule has 1 aromatic carbocycles. The lowest BCUT2D eigenvalue weighted by Crippen LogP contribution is -1.82. The molecule has 0 spiro atoms. The van der Waals surface area contributed by atoms with Crippen LogP contribution >= 0.6 is 0 Å². The molecule has 0 fully saturated rings. The van der Waals surface area contributed by atoms with Crippen LogP contribution < -0.4 is 0 Å². The zero-order chi connectivity index (χ0) is 13.1. The molecule has 0 atom stereocenters. The third-order valence-corrected chi connectivity index (χ3v) is 2.78. The molecule has 92 valence electrons. The summed E-state index contributed by atoms with van der Waals surface area (Å²) in [6, 6.07) is 10.9. The van der Waals surface area contributed by atoms with Crippen molar-refractivity contribution in [1.29, 1.82) is 0 Å². The van der Waals surface area contributed by atoms with Crippen LogP contribution in [0.4, 0.5) is 5.69 Å². The fourth-order valence-corrected chi connectivity index (χ4v) is 1.85. The Morgan fingerprint density at radius 3 is 2.68 bits per heavy atom. The van der Waals surface area contributed by atoms with Crippen LogP contribution in [0.3, 0.4) is 0 Å². The number of aromatic hydroxyl groups is 1. The Kier molecular flexibility index (Phi) is 2.90. The molecule has 0 bridgehead atoms. The van der Waals surface area contributed by atoms with Gasteiger partial charge >= 0.3 is 0 Å². The van der Waals surface area contributed by atoms with Gasteiger partial charge < -0.3 is 5.11 Å². The first kappa shape index (κ1) is 11.3. The van der Waals surface area contributed by atoms with E-state index >= 15 is 0 Å². The summed E-state index contributed by atoms with van der Waals surface area (Å²) in [5, 5.41) is 10.6. The van der Waals surface area contributed by atoms with Crippen LogP contribution in [0.5, 0.6) is 5.75 Å². The van der Waals surface area contributed by atoms with E-state index in [9.17, 15) is 5.11 Å². The molecule has 4 nitrogen and oxygen atoms in total. The second-order valence-electron chi connectivity index (χ2n) is 4.04. The molecule has 1 N–H and O–H groups in total. The van der Waals surface area contributed by atoms with E-state index in [-0.39, 0.29) is 5.75 Å². The van der Waals surface area contributed by atoms with Gasteiger partial charge in [0.25, 0.3) is 0 Å². The zero-order valence-corrected chi connectivity index (χ0v) is 10.1. The summed E-state index contributed by atoms with van der Waals surface area (Å²) >= 11 is 0. The summed E-state index contributed by atoms with van der Waals surface area (Å²) in [5.74, 6) is 0.165. The number of fused-ring (bicyclic) bond motifs is 1. The maximum absolute atomic E-state index is 9.76. The van der Waals surface area contributed by atoms with E-state index in [2.05, 4.69) is 15.0 Å². The van der Waals surface area contributed by atoms with Crippen LogP contribution in [-0.2, 0) is 0 Å². The van der Waals surface area contributed by atoms with E-state index in [1.165, 1.54) is 0 Å². The van der Waals surface area contributed by atoms with Gasteiger partial charge in [-0.2, -0.15) is 0 Å². The molecular weight excluding hydrogens is 238 g/mol. The Morgan fingerprint density at radius 2 is 1.84 bits per heavy atom. The third-order valence-electron chi connectivity index (χ3n) is 2.78. The van der Waals surface area contributed by atoms with Crippen molar-refractivity contribution in [1.82, 2.24) is 9.97 Å². The minimum Gasteiger partial charge on any atom is -0.506 e. The number of rotatable bonds is 2. The Labute approximate surface area is 110 Å². The highest BCUT2D eigenvalue weighted by atomic mass is 16.3. The molecule has 4 heteroatoms. The van der Waals surface area contributed by atoms with Gasteiger partial charge in [-0.15, -0.1) is 0 Å². The largest absolute Gasteiger partial charge is 0.506 e. The number of aromatic nitrogens is 2. The number of pyridine rings is 2. The Bertz CT molecular complexity index is 739. The van der Waals surface area contributed by atoms with Gasteiger partial charge in [0, 0.05) is 30.2 Å². The number of hydrogen-bond donors (Lipinski definition) is 1. The molecule has 19 heavy (non-hydrogen) atoms. The van der Waals surface area contributed by atoms with Crippen LogP contribution in [0.2, 0.25) is 0 Å². The summed E-state index contributed by atoms with van der Waals surface area (Å²) in [7, 11) is 0. The lowest BCUT2D eigenvalue weighted by molar-refractivity contribution is 0.480. The lowest BCUT2D eigenvalue weighted by Gasteiger charge is -2.02. The van der Waals surface area contributed by atoms with Crippen molar-refractivity contribution in [3.8, 4) is 5.75 Å². The Morgan fingerprint density at radius 1 is 1.00 bits per heavy atom. The second-order valence-corrected chi connectivity index (χ2v) is 4.04. The molecule has 0 aliphatic rings. The topological polar surface area (TPSA) is 58.4 Å². The first-order valence-corrected chi connectivity index (χ1v) is 5.85. The minimum atomic E-state index is 0.165. The highest BCUT2D eigenvalue weighted by Gasteiger charge is 2.04. The van der Waals surface area contributed by atoms with E-state index in [0.29, 0.717) is 5.52 Å². The summed E-state index contributed by atoms with van der Waals surface area (Å²) in [5.41, 5.74) is 2.31. The summed E-state index contributed by atoms with van der Waals surface area (Å²) in [4.78, 5) is 12.6. The second kappa shape index (κ2) is 4.86. The quantitative estimate of drug-likeness (QED) is 0.710. The van der Waals surface area contributed by atoms with Gasteiger partial charge in [-0.25, -0.2) is 0 Å². The van der Waals surface area contributed by atoms with Crippen molar-refractivity contribution < 1.29 is 5.11 Å². The number of benzene rings is 1. The van der Waals surface area contributed by atoms with Crippen molar-refractivity contribution >= 4 is 22.8 Å². The first-order valence-electron chi connectivity index (χ1n) is 5.85. The van der Waals surface area contributed by atoms with E-state index in [4.69, 9.17) is 0 Å². The van der Waals surface area contributed by atoms with Crippen molar-refractivity contribution in [3.05, 3.63) is 60.6 Å². The molecule has 2 aromatic heterocycles. The monoisotopic (exact) mass is 249 g/mol. The van der Waals surface area contributed by atoms with Gasteiger partial charge in [0.15, 0.2) is 0 Å². The minimum absolute atomic E-state index is 0.165. The van der Waals surface area contributed by atoms with Crippen molar-refractivity contribution in [2.24, 2.45) is 4.99 Å². The van der Waals surface area contributed by atoms with Gasteiger partial charge in [0.1, 0.15) is 11.3 Å². The fourth-order valence-electron chi connectivity index (χ4n) is 1.85. The third kappa shape index (κ3) is 2.28. The first-order chi connectivity index (χ1) is 9.34. The highest BCUT2D eigenvalue weighted by Crippen LogP contribution is 2.30. The fraction of sp³-hybridized carbons (Fsp3) is 0. The molecule has 3 rings (SSSR count). The van der Waals surface area contributed by atoms with Crippen molar-refractivity contribution in [3.63, 3.8) is 0 Å². The molecule has 0 saturated carbocycles. The molecule has 0 unspecified atom stereocenters. The van der Waals surface area contributed by atoms with Gasteiger partial charge in [0.05, 0.1) is 5.69 Å². The molecule has 0 saturated heterocycles. The molecule has 2 heterocycles. The van der Waals surface area contributed by atoms with Crippen LogP contribution in [0.25, 0.3) is 10.9 Å². The molecule has 0 radical (unpaired) electrons. The summed E-state index contributed by atoms with van der Waals surface area (Å²) in [6.07, 6.45) is 6.86. The maximum Gasteiger partial charge on any atom is 0.141 e.